The Morgan fingerprint density at radius 3 is 3.00 bits per heavy atom. The molecule has 0 aliphatic rings. The van der Waals surface area contributed by atoms with Crippen LogP contribution in [0.2, 0.25) is 0 Å². The van der Waals surface area contributed by atoms with Crippen LogP contribution in [0.1, 0.15) is 5.69 Å². The van der Waals surface area contributed by atoms with Gasteiger partial charge in [0.1, 0.15) is 5.69 Å². The number of rotatable bonds is 3. The molecule has 0 bridgehead atoms. The van der Waals surface area contributed by atoms with Crippen LogP contribution in [0, 0.1) is 0 Å². The number of pyridine rings is 1. The normalized spacial score (nSPS) is 12.1. The number of hydrogen-bond donors (Lipinski definition) is 3. The molecule has 0 unspecified atom stereocenters. The molecule has 0 amide bonds. The van der Waals surface area contributed by atoms with E-state index in [0.717, 1.165) is 25.3 Å². The molecule has 0 atom stereocenters. The Morgan fingerprint density at radius 2 is 2.16 bits per heavy atom. The van der Waals surface area contributed by atoms with E-state index in [1.54, 1.807) is 10.7 Å². The van der Waals surface area contributed by atoms with Gasteiger partial charge in [-0.3, -0.25) is 4.79 Å². The molecule has 9 heteroatoms. The number of nitrogens with two attached hydrogens (primary N) is 1. The van der Waals surface area contributed by atoms with Gasteiger partial charge in [-0.1, -0.05) is 4.52 Å². The summed E-state index contributed by atoms with van der Waals surface area (Å²) >= 11 is 3.56. The summed E-state index contributed by atoms with van der Waals surface area (Å²) in [6.45, 7) is 0. The lowest BCUT2D eigenvalue weighted by molar-refractivity contribution is -0.621. The number of hydrogen-bond acceptors (Lipinski definition) is 5. The van der Waals surface area contributed by atoms with Gasteiger partial charge in [0.15, 0.2) is 5.43 Å². The van der Waals surface area contributed by atoms with E-state index in [4.69, 9.17) is 5.73 Å². The summed E-state index contributed by atoms with van der Waals surface area (Å²) in [5.41, 5.74) is 7.89. The highest BCUT2D eigenvalue weighted by atomic mass is 127. The van der Waals surface area contributed by atoms with Gasteiger partial charge >= 0.3 is 5.16 Å². The van der Waals surface area contributed by atoms with Gasteiger partial charge in [-0.15, -0.1) is 10.2 Å². The number of aromatic nitrogens is 5. The van der Waals surface area contributed by atoms with E-state index in [-0.39, 0.29) is 5.43 Å². The first-order chi connectivity index (χ1) is 12.2. The van der Waals surface area contributed by atoms with Crippen molar-refractivity contribution in [3.8, 4) is 0 Å². The van der Waals surface area contributed by atoms with Crippen molar-refractivity contribution < 1.29 is 4.52 Å². The Bertz CT molecular complexity index is 1180. The van der Waals surface area contributed by atoms with Crippen LogP contribution in [0.25, 0.3) is 20.1 Å². The molecule has 3 aromatic heterocycles. The van der Waals surface area contributed by atoms with Gasteiger partial charge in [-0.2, -0.15) is 0 Å². The van der Waals surface area contributed by atoms with Crippen molar-refractivity contribution in [1.29, 1.82) is 0 Å². The number of H-pyrrole nitrogens is 2. The van der Waals surface area contributed by atoms with E-state index in [2.05, 4.69) is 42.9 Å². The molecule has 4 aromatic rings. The molecule has 25 heavy (non-hydrogen) atoms. The summed E-state index contributed by atoms with van der Waals surface area (Å²) in [5.74, 6) is 0. The fourth-order valence-corrected chi connectivity index (χ4v) is 3.53. The van der Waals surface area contributed by atoms with Crippen LogP contribution in [0.5, 0.6) is 0 Å². The van der Waals surface area contributed by atoms with Crippen molar-refractivity contribution in [2.45, 2.75) is 10.1 Å². The Kier molecular flexibility index (Phi) is 4.17. The largest absolute Gasteiger partial charge is 0.404 e. The van der Waals surface area contributed by atoms with Gasteiger partial charge in [0.25, 0.3) is 5.65 Å². The highest BCUT2D eigenvalue weighted by Gasteiger charge is 2.18. The Hall–Kier alpha value is -2.40. The summed E-state index contributed by atoms with van der Waals surface area (Å²) in [5, 5.41) is 13.1. The van der Waals surface area contributed by atoms with Crippen LogP contribution in [0.15, 0.2) is 63.6 Å². The molecule has 0 spiro atoms. The maximum absolute atomic E-state index is 12.0. The second-order valence-corrected chi connectivity index (χ2v) is 7.39. The second-order valence-electron chi connectivity index (χ2n) is 5.19. The van der Waals surface area contributed by atoms with Gasteiger partial charge in [-0.25, -0.2) is 0 Å². The first-order valence-electron chi connectivity index (χ1n) is 7.30. The fourth-order valence-electron chi connectivity index (χ4n) is 2.40. The molecule has 4 rings (SSSR count). The number of nitrogens with one attached hydrogen (secondary N) is 2. The lowest BCUT2D eigenvalue weighted by atomic mass is 10.2. The molecule has 0 saturated heterocycles. The minimum Gasteiger partial charge on any atom is -0.404 e. The number of benzene rings is 1. The van der Waals surface area contributed by atoms with Crippen molar-refractivity contribution in [1.82, 2.24) is 20.3 Å². The number of nitrogens with zero attached hydrogens (tertiary/aromatic N) is 3. The molecule has 0 aliphatic heterocycles. The lowest BCUT2D eigenvalue weighted by Gasteiger charge is -2.00. The first kappa shape index (κ1) is 16.1. The number of aromatic amines is 2. The average Bonchev–Trinajstić information content (AvgIpc) is 3.04. The van der Waals surface area contributed by atoms with Gasteiger partial charge in [0, 0.05) is 40.3 Å². The first-order valence-corrected chi connectivity index (χ1v) is 9.20. The Balaban J connectivity index is 1.78. The second kappa shape index (κ2) is 6.48. The van der Waals surface area contributed by atoms with E-state index in [0.29, 0.717) is 10.5 Å². The van der Waals surface area contributed by atoms with E-state index in [1.165, 1.54) is 24.0 Å². The quantitative estimate of drug-likeness (QED) is 0.319. The van der Waals surface area contributed by atoms with Crippen LogP contribution in [0.3, 0.4) is 0 Å². The maximum atomic E-state index is 12.0. The van der Waals surface area contributed by atoms with Crippen LogP contribution in [0.4, 0.5) is 0 Å². The smallest absolute Gasteiger partial charge is 0.365 e. The van der Waals surface area contributed by atoms with Gasteiger partial charge in [0.2, 0.25) is 0 Å². The molecule has 4 N–H and O–H groups in total. The van der Waals surface area contributed by atoms with Crippen LogP contribution >= 0.6 is 34.4 Å². The van der Waals surface area contributed by atoms with E-state index >= 15 is 0 Å². The van der Waals surface area contributed by atoms with Crippen molar-refractivity contribution in [2.75, 3.05) is 0 Å². The molecule has 1 aromatic carbocycles. The minimum atomic E-state index is -0.0150. The third kappa shape index (κ3) is 3.00. The molecular formula is C16H12IN6OS+. The molecule has 0 radical (unpaired) electrons. The zero-order valence-electron chi connectivity index (χ0n) is 12.7. The van der Waals surface area contributed by atoms with Crippen molar-refractivity contribution >= 4 is 54.5 Å². The molecule has 0 fully saturated rings. The van der Waals surface area contributed by atoms with E-state index < -0.39 is 0 Å². The summed E-state index contributed by atoms with van der Waals surface area (Å²) in [6.07, 6.45) is 3.16. The topological polar surface area (TPSA) is 105 Å². The zero-order chi connectivity index (χ0) is 17.4. The maximum Gasteiger partial charge on any atom is 0.365 e. The third-order valence-electron chi connectivity index (χ3n) is 3.61. The molecule has 7 nitrogen and oxygen atoms in total. The summed E-state index contributed by atoms with van der Waals surface area (Å²) in [6, 6.07) is 11.0. The van der Waals surface area contributed by atoms with Crippen molar-refractivity contribution in [2.24, 2.45) is 5.73 Å². The predicted molar refractivity (Wildman–Crippen MR) is 104 cm³/mol. The SMILES string of the molecule is NC=C(I)c1ccc2[nH]nc(Sc3ccc4[nH]ccc(=O)c4c3)[n+]2n1. The van der Waals surface area contributed by atoms with Gasteiger partial charge in [-0.05, 0) is 58.6 Å². The Morgan fingerprint density at radius 1 is 1.28 bits per heavy atom. The fraction of sp³-hybridized carbons (Fsp3) is 0. The predicted octanol–water partition coefficient (Wildman–Crippen LogP) is 2.23. The van der Waals surface area contributed by atoms with Gasteiger partial charge in [0.05, 0.1) is 8.68 Å². The summed E-state index contributed by atoms with van der Waals surface area (Å²) < 4.78 is 2.57. The highest BCUT2D eigenvalue weighted by molar-refractivity contribution is 14.1. The number of halogens is 1. The highest BCUT2D eigenvalue weighted by Crippen LogP contribution is 2.26. The van der Waals surface area contributed by atoms with E-state index in [1.807, 2.05) is 30.3 Å². The summed E-state index contributed by atoms with van der Waals surface area (Å²) in [7, 11) is 0. The molecule has 0 aliphatic carbocycles. The van der Waals surface area contributed by atoms with E-state index in [9.17, 15) is 4.79 Å². The molecule has 0 saturated carbocycles. The van der Waals surface area contributed by atoms with Gasteiger partial charge < -0.3 is 10.7 Å². The molecule has 124 valence electrons. The minimum absolute atomic E-state index is 0.0150. The Labute approximate surface area is 159 Å². The third-order valence-corrected chi connectivity index (χ3v) is 5.46. The summed E-state index contributed by atoms with van der Waals surface area (Å²) in [4.78, 5) is 16.0. The van der Waals surface area contributed by atoms with Crippen LogP contribution in [-0.4, -0.2) is 20.3 Å². The average molecular weight is 463 g/mol. The van der Waals surface area contributed by atoms with Crippen molar-refractivity contribution in [3.63, 3.8) is 0 Å². The zero-order valence-corrected chi connectivity index (χ0v) is 15.7. The molecular weight excluding hydrogens is 451 g/mol. The van der Waals surface area contributed by atoms with Crippen LogP contribution in [-0.2, 0) is 0 Å². The monoisotopic (exact) mass is 463 g/mol. The lowest BCUT2D eigenvalue weighted by Crippen LogP contribution is -2.28. The standard InChI is InChI=1S/C16H11IN6OS/c17-11(8-18)13-3-4-15-20-21-16(23(15)22-13)25-9-1-2-12-10(7-9)14(24)5-6-19-12/h1-8H,(H3,18,19,22,24)/p+1. The van der Waals surface area contributed by atoms with Crippen molar-refractivity contribution in [3.05, 3.63) is 64.7 Å². The molecule has 3 heterocycles. The number of fused-ring (bicyclic) bond motifs is 2. The van der Waals surface area contributed by atoms with Crippen LogP contribution < -0.4 is 15.7 Å².